The zero-order valence-corrected chi connectivity index (χ0v) is 15.8. The molecule has 9 heteroatoms. The van der Waals surface area contributed by atoms with Gasteiger partial charge in [-0.15, -0.1) is 0 Å². The molecule has 2 rings (SSSR count). The normalized spacial score (nSPS) is 10.9. The van der Waals surface area contributed by atoms with Crippen LogP contribution < -0.4 is 9.47 Å². The monoisotopic (exact) mass is 401 g/mol. The molecule has 9 nitrogen and oxygen atoms in total. The summed E-state index contributed by atoms with van der Waals surface area (Å²) in [5.41, 5.74) is 0.356. The Morgan fingerprint density at radius 2 is 1.97 bits per heavy atom. The molecular weight excluding hydrogens is 382 g/mol. The second-order valence-electron chi connectivity index (χ2n) is 5.57. The van der Waals surface area contributed by atoms with Crippen molar-refractivity contribution < 1.29 is 38.1 Å². The molecule has 2 aromatic rings. The number of ether oxygens (including phenoxy) is 4. The fourth-order valence-electron chi connectivity index (χ4n) is 2.21. The van der Waals surface area contributed by atoms with Gasteiger partial charge < -0.3 is 28.5 Å². The van der Waals surface area contributed by atoms with Crippen LogP contribution in [0.2, 0.25) is 0 Å². The predicted molar refractivity (Wildman–Crippen MR) is 99.4 cm³/mol. The number of hydrogen-bond donors (Lipinski definition) is 1. The van der Waals surface area contributed by atoms with E-state index in [1.54, 1.807) is 24.3 Å². The topological polar surface area (TPSA) is 128 Å². The van der Waals surface area contributed by atoms with Crippen LogP contribution in [0.5, 0.6) is 11.5 Å². The molecule has 0 saturated carbocycles. The summed E-state index contributed by atoms with van der Waals surface area (Å²) < 4.78 is 25.7. The minimum Gasteiger partial charge on any atom is -0.493 e. The highest BCUT2D eigenvalue weighted by atomic mass is 16.6. The molecule has 1 N–H and O–H groups in total. The predicted octanol–water partition coefficient (Wildman–Crippen LogP) is 2.66. The van der Waals surface area contributed by atoms with Crippen LogP contribution in [0, 0.1) is 11.3 Å². The summed E-state index contributed by atoms with van der Waals surface area (Å²) >= 11 is 0. The average Bonchev–Trinajstić information content (AvgIpc) is 3.20. The van der Waals surface area contributed by atoms with Crippen molar-refractivity contribution in [2.45, 2.75) is 6.61 Å². The van der Waals surface area contributed by atoms with Crippen molar-refractivity contribution in [1.29, 1.82) is 5.26 Å². The van der Waals surface area contributed by atoms with Gasteiger partial charge in [0.15, 0.2) is 11.5 Å². The summed E-state index contributed by atoms with van der Waals surface area (Å²) in [6.45, 7) is 0.267. The number of esters is 1. The number of nitrogens with zero attached hydrogens (tertiary/aromatic N) is 1. The molecule has 0 unspecified atom stereocenters. The van der Waals surface area contributed by atoms with E-state index in [9.17, 15) is 14.9 Å². The molecule has 1 aromatic heterocycles. The Morgan fingerprint density at radius 3 is 2.59 bits per heavy atom. The number of carbonyl (C=O) groups is 2. The number of aromatic carboxylic acids is 1. The zero-order valence-electron chi connectivity index (χ0n) is 15.8. The van der Waals surface area contributed by atoms with Crippen molar-refractivity contribution in [2.24, 2.45) is 0 Å². The Bertz CT molecular complexity index is 938. The van der Waals surface area contributed by atoms with Crippen molar-refractivity contribution in [2.75, 3.05) is 27.4 Å². The first-order valence-electron chi connectivity index (χ1n) is 8.39. The lowest BCUT2D eigenvalue weighted by molar-refractivity contribution is -0.139. The smallest absolute Gasteiger partial charge is 0.371 e. The van der Waals surface area contributed by atoms with Crippen LogP contribution in [0.15, 0.2) is 40.3 Å². The minimum atomic E-state index is -1.17. The molecule has 0 amide bonds. The first-order valence-corrected chi connectivity index (χ1v) is 8.39. The van der Waals surface area contributed by atoms with Crippen molar-refractivity contribution in [3.8, 4) is 17.6 Å². The van der Waals surface area contributed by atoms with Gasteiger partial charge in [0.25, 0.3) is 0 Å². The Hall–Kier alpha value is -3.77. The van der Waals surface area contributed by atoms with E-state index >= 15 is 0 Å². The summed E-state index contributed by atoms with van der Waals surface area (Å²) in [5, 5.41) is 18.1. The van der Waals surface area contributed by atoms with Crippen molar-refractivity contribution >= 4 is 18.0 Å². The van der Waals surface area contributed by atoms with Gasteiger partial charge in [-0.1, -0.05) is 6.07 Å². The Balaban J connectivity index is 2.11. The summed E-state index contributed by atoms with van der Waals surface area (Å²) in [6.07, 6.45) is 1.37. The lowest BCUT2D eigenvalue weighted by Gasteiger charge is -2.10. The van der Waals surface area contributed by atoms with E-state index in [1.165, 1.54) is 32.4 Å². The average molecular weight is 401 g/mol. The highest BCUT2D eigenvalue weighted by Gasteiger charge is 2.13. The number of carboxylic acids is 1. The third-order valence-electron chi connectivity index (χ3n) is 3.60. The number of furan rings is 1. The SMILES string of the molecule is COCCOC(=O)/C(C#N)=C/c1ccc(OCc2ccc(C(=O)O)o2)c(OC)c1. The van der Waals surface area contributed by atoms with E-state index in [-0.39, 0.29) is 31.2 Å². The van der Waals surface area contributed by atoms with Gasteiger partial charge in [-0.25, -0.2) is 9.59 Å². The molecule has 1 aromatic carbocycles. The molecule has 152 valence electrons. The van der Waals surface area contributed by atoms with E-state index in [4.69, 9.17) is 28.5 Å². The van der Waals surface area contributed by atoms with Gasteiger partial charge in [-0.3, -0.25) is 0 Å². The van der Waals surface area contributed by atoms with E-state index in [0.29, 0.717) is 22.8 Å². The molecular formula is C20H19NO8. The number of carboxylic acid groups (broad SMARTS) is 1. The van der Waals surface area contributed by atoms with Crippen LogP contribution in [-0.4, -0.2) is 44.5 Å². The number of nitriles is 1. The van der Waals surface area contributed by atoms with E-state index in [0.717, 1.165) is 0 Å². The first kappa shape index (κ1) is 21.5. The molecule has 0 aliphatic heterocycles. The quantitative estimate of drug-likeness (QED) is 0.276. The van der Waals surface area contributed by atoms with Crippen LogP contribution in [-0.2, 0) is 20.9 Å². The van der Waals surface area contributed by atoms with Crippen LogP contribution in [0.25, 0.3) is 6.08 Å². The van der Waals surface area contributed by atoms with Crippen molar-refractivity contribution in [3.63, 3.8) is 0 Å². The van der Waals surface area contributed by atoms with Gasteiger partial charge >= 0.3 is 11.9 Å². The Kier molecular flexibility index (Phi) is 7.82. The minimum absolute atomic E-state index is 0.00586. The number of carbonyl (C=O) groups excluding carboxylic acids is 1. The largest absolute Gasteiger partial charge is 0.493 e. The molecule has 0 bridgehead atoms. The summed E-state index contributed by atoms with van der Waals surface area (Å²) in [5.74, 6) is -1.04. The lowest BCUT2D eigenvalue weighted by atomic mass is 10.1. The maximum Gasteiger partial charge on any atom is 0.371 e. The van der Waals surface area contributed by atoms with Crippen LogP contribution in [0.3, 0.4) is 0 Å². The summed E-state index contributed by atoms with van der Waals surface area (Å²) in [6, 6.07) is 9.44. The third-order valence-corrected chi connectivity index (χ3v) is 3.60. The molecule has 0 saturated heterocycles. The fourth-order valence-corrected chi connectivity index (χ4v) is 2.21. The Labute approximate surface area is 166 Å². The Morgan fingerprint density at radius 1 is 1.17 bits per heavy atom. The highest BCUT2D eigenvalue weighted by Crippen LogP contribution is 2.30. The maximum atomic E-state index is 11.9. The van der Waals surface area contributed by atoms with Crippen LogP contribution in [0.1, 0.15) is 21.9 Å². The van der Waals surface area contributed by atoms with E-state index in [2.05, 4.69) is 0 Å². The van der Waals surface area contributed by atoms with Crippen LogP contribution >= 0.6 is 0 Å². The van der Waals surface area contributed by atoms with Gasteiger partial charge in [0.05, 0.1) is 13.7 Å². The maximum absolute atomic E-state index is 11.9. The molecule has 0 spiro atoms. The second-order valence-corrected chi connectivity index (χ2v) is 5.57. The summed E-state index contributed by atoms with van der Waals surface area (Å²) in [7, 11) is 2.91. The summed E-state index contributed by atoms with van der Waals surface area (Å²) in [4.78, 5) is 22.7. The van der Waals surface area contributed by atoms with Gasteiger partial charge in [-0.2, -0.15) is 5.26 Å². The molecule has 1 heterocycles. The first-order chi connectivity index (χ1) is 14.0. The van der Waals surface area contributed by atoms with Crippen LogP contribution in [0.4, 0.5) is 0 Å². The third kappa shape index (κ3) is 6.12. The lowest BCUT2D eigenvalue weighted by Crippen LogP contribution is -2.11. The molecule has 0 radical (unpaired) electrons. The standard InChI is InChI=1S/C20H19NO8/c1-25-7-8-27-20(24)14(11-21)9-13-3-5-16(18(10-13)26-2)28-12-15-4-6-17(29-15)19(22)23/h3-6,9-10H,7-8,12H2,1-2H3,(H,22,23)/b14-9+. The van der Waals surface area contributed by atoms with Crippen molar-refractivity contribution in [1.82, 2.24) is 0 Å². The molecule has 0 fully saturated rings. The second kappa shape index (κ2) is 10.5. The van der Waals surface area contributed by atoms with Gasteiger partial charge in [-0.05, 0) is 35.9 Å². The van der Waals surface area contributed by atoms with Gasteiger partial charge in [0, 0.05) is 7.11 Å². The number of hydrogen-bond acceptors (Lipinski definition) is 8. The molecule has 0 aliphatic carbocycles. The van der Waals surface area contributed by atoms with E-state index < -0.39 is 11.9 Å². The van der Waals surface area contributed by atoms with Crippen molar-refractivity contribution in [3.05, 3.63) is 53.0 Å². The highest BCUT2D eigenvalue weighted by molar-refractivity contribution is 5.98. The van der Waals surface area contributed by atoms with Gasteiger partial charge in [0.2, 0.25) is 5.76 Å². The molecule has 0 atom stereocenters. The van der Waals surface area contributed by atoms with E-state index in [1.807, 2.05) is 0 Å². The molecule has 29 heavy (non-hydrogen) atoms. The number of rotatable bonds is 10. The molecule has 0 aliphatic rings. The zero-order chi connectivity index (χ0) is 21.2. The number of methoxy groups -OCH3 is 2. The van der Waals surface area contributed by atoms with Gasteiger partial charge in [0.1, 0.15) is 30.6 Å². The fraction of sp³-hybridized carbons (Fsp3) is 0.250. The number of benzene rings is 1.